The summed E-state index contributed by atoms with van der Waals surface area (Å²) < 4.78 is 0. The highest BCUT2D eigenvalue weighted by Crippen LogP contribution is 2.16. The SMILES string of the molecule is Cc1c(C=O)ccc(N)c1C=N.[HH]. The fourth-order valence-corrected chi connectivity index (χ4v) is 1.09. The predicted molar refractivity (Wildman–Crippen MR) is 51.0 cm³/mol. The molecule has 1 aromatic rings. The van der Waals surface area contributed by atoms with Gasteiger partial charge in [-0.15, -0.1) is 0 Å². The van der Waals surface area contributed by atoms with Crippen LogP contribution in [0.2, 0.25) is 0 Å². The first-order chi connectivity index (χ1) is 5.70. The van der Waals surface area contributed by atoms with Gasteiger partial charge in [-0.3, -0.25) is 4.79 Å². The molecule has 0 saturated heterocycles. The third-order valence-corrected chi connectivity index (χ3v) is 1.86. The Bertz CT molecular complexity index is 337. The van der Waals surface area contributed by atoms with Crippen molar-refractivity contribution < 1.29 is 6.22 Å². The van der Waals surface area contributed by atoms with Gasteiger partial charge in [0, 0.05) is 24.5 Å². The van der Waals surface area contributed by atoms with Crippen LogP contribution in [-0.2, 0) is 0 Å². The quantitative estimate of drug-likeness (QED) is 0.396. The van der Waals surface area contributed by atoms with Crippen molar-refractivity contribution in [3.63, 3.8) is 0 Å². The fraction of sp³-hybridized carbons (Fsp3) is 0.111. The first kappa shape index (κ1) is 8.46. The van der Waals surface area contributed by atoms with Gasteiger partial charge in [-0.05, 0) is 24.6 Å². The maximum atomic E-state index is 10.5. The van der Waals surface area contributed by atoms with Crippen LogP contribution >= 0.6 is 0 Å². The van der Waals surface area contributed by atoms with Crippen molar-refractivity contribution in [2.45, 2.75) is 6.92 Å². The molecule has 0 bridgehead atoms. The smallest absolute Gasteiger partial charge is 0.150 e. The number of benzene rings is 1. The summed E-state index contributed by atoms with van der Waals surface area (Å²) >= 11 is 0. The minimum absolute atomic E-state index is 0. The second-order valence-electron chi connectivity index (χ2n) is 2.54. The van der Waals surface area contributed by atoms with Crippen LogP contribution < -0.4 is 5.73 Å². The Morgan fingerprint density at radius 3 is 2.75 bits per heavy atom. The van der Waals surface area contributed by atoms with Gasteiger partial charge in [-0.25, -0.2) is 0 Å². The van der Waals surface area contributed by atoms with Crippen LogP contribution in [0.1, 0.15) is 22.9 Å². The molecule has 3 nitrogen and oxygen atoms in total. The molecule has 64 valence electrons. The lowest BCUT2D eigenvalue weighted by molar-refractivity contribution is 0.112. The zero-order chi connectivity index (χ0) is 9.14. The van der Waals surface area contributed by atoms with Crippen LogP contribution in [0.5, 0.6) is 0 Å². The molecule has 0 unspecified atom stereocenters. The summed E-state index contributed by atoms with van der Waals surface area (Å²) in [5.41, 5.74) is 8.10. The second-order valence-corrected chi connectivity index (χ2v) is 2.54. The highest BCUT2D eigenvalue weighted by molar-refractivity contribution is 5.91. The normalized spacial score (nSPS) is 9.42. The monoisotopic (exact) mass is 164 g/mol. The summed E-state index contributed by atoms with van der Waals surface area (Å²) in [6, 6.07) is 3.29. The van der Waals surface area contributed by atoms with Crippen LogP contribution in [0, 0.1) is 12.3 Å². The number of aldehydes is 1. The van der Waals surface area contributed by atoms with Crippen LogP contribution in [0.25, 0.3) is 0 Å². The largest absolute Gasteiger partial charge is 0.398 e. The van der Waals surface area contributed by atoms with E-state index in [-0.39, 0.29) is 1.43 Å². The number of nitrogen functional groups attached to an aromatic ring is 1. The first-order valence-electron chi connectivity index (χ1n) is 3.55. The predicted octanol–water partition coefficient (Wildman–Crippen LogP) is 1.63. The molecule has 3 N–H and O–H groups in total. The van der Waals surface area contributed by atoms with Crippen molar-refractivity contribution >= 4 is 18.2 Å². The van der Waals surface area contributed by atoms with E-state index in [9.17, 15) is 4.79 Å². The number of hydrogen-bond donors (Lipinski definition) is 2. The first-order valence-corrected chi connectivity index (χ1v) is 3.55. The van der Waals surface area contributed by atoms with Crippen molar-refractivity contribution in [3.8, 4) is 0 Å². The number of nitrogens with two attached hydrogens (primary N) is 1. The van der Waals surface area contributed by atoms with Gasteiger partial charge < -0.3 is 11.1 Å². The van der Waals surface area contributed by atoms with E-state index in [1.807, 2.05) is 0 Å². The third-order valence-electron chi connectivity index (χ3n) is 1.86. The van der Waals surface area contributed by atoms with E-state index in [1.54, 1.807) is 19.1 Å². The van der Waals surface area contributed by atoms with Crippen LogP contribution in [0.3, 0.4) is 0 Å². The van der Waals surface area contributed by atoms with E-state index in [0.717, 1.165) is 18.1 Å². The van der Waals surface area contributed by atoms with E-state index < -0.39 is 0 Å². The highest BCUT2D eigenvalue weighted by Gasteiger charge is 2.04. The van der Waals surface area contributed by atoms with Crippen LogP contribution in [-0.4, -0.2) is 12.5 Å². The summed E-state index contributed by atoms with van der Waals surface area (Å²) in [6.45, 7) is 1.78. The molecule has 0 saturated carbocycles. The molecule has 12 heavy (non-hydrogen) atoms. The molecule has 0 amide bonds. The maximum Gasteiger partial charge on any atom is 0.150 e. The Labute approximate surface area is 72.2 Å². The standard InChI is InChI=1S/C9H10N2O.H2/c1-6-7(5-12)2-3-9(11)8(6)4-10;/h2-5,10H,11H2,1H3;1H. The van der Waals surface area contributed by atoms with E-state index in [2.05, 4.69) is 0 Å². The molecular formula is C9H12N2O. The lowest BCUT2D eigenvalue weighted by atomic mass is 10.0. The number of carbonyl (C=O) groups excluding carboxylic acids is 1. The second kappa shape index (κ2) is 3.17. The van der Waals surface area contributed by atoms with Gasteiger partial charge in [0.25, 0.3) is 0 Å². The number of carbonyl (C=O) groups is 1. The number of rotatable bonds is 2. The molecule has 0 atom stereocenters. The summed E-state index contributed by atoms with van der Waals surface area (Å²) in [7, 11) is 0. The van der Waals surface area contributed by atoms with Crippen molar-refractivity contribution in [3.05, 3.63) is 28.8 Å². The average molecular weight is 164 g/mol. The van der Waals surface area contributed by atoms with E-state index >= 15 is 0 Å². The molecule has 0 spiro atoms. The maximum absolute atomic E-state index is 10.5. The molecule has 0 aliphatic heterocycles. The lowest BCUT2D eigenvalue weighted by Crippen LogP contribution is -1.99. The highest BCUT2D eigenvalue weighted by atomic mass is 16.1. The van der Waals surface area contributed by atoms with E-state index in [4.69, 9.17) is 11.1 Å². The van der Waals surface area contributed by atoms with Crippen molar-refractivity contribution in [1.82, 2.24) is 0 Å². The minimum Gasteiger partial charge on any atom is -0.398 e. The van der Waals surface area contributed by atoms with Crippen molar-refractivity contribution in [2.75, 3.05) is 5.73 Å². The Balaban J connectivity index is 0.00000144. The number of anilines is 1. The number of nitrogens with one attached hydrogen (secondary N) is 1. The third kappa shape index (κ3) is 1.21. The van der Waals surface area contributed by atoms with Crippen molar-refractivity contribution in [2.24, 2.45) is 0 Å². The summed E-state index contributed by atoms with van der Waals surface area (Å²) in [5, 5.41) is 7.08. The minimum atomic E-state index is 0. The molecule has 0 fully saturated rings. The van der Waals surface area contributed by atoms with Gasteiger partial charge in [0.15, 0.2) is 0 Å². The van der Waals surface area contributed by atoms with Gasteiger partial charge in [-0.1, -0.05) is 0 Å². The van der Waals surface area contributed by atoms with Crippen molar-refractivity contribution in [1.29, 1.82) is 5.41 Å². The Morgan fingerprint density at radius 2 is 2.25 bits per heavy atom. The molecular weight excluding hydrogens is 152 g/mol. The average Bonchev–Trinajstić information content (AvgIpc) is 2.06. The zero-order valence-corrected chi connectivity index (χ0v) is 6.79. The summed E-state index contributed by atoms with van der Waals surface area (Å²) in [6.07, 6.45) is 1.93. The molecule has 0 aromatic heterocycles. The molecule has 1 aromatic carbocycles. The Kier molecular flexibility index (Phi) is 2.24. The summed E-state index contributed by atoms with van der Waals surface area (Å²) in [4.78, 5) is 10.5. The molecule has 1 rings (SSSR count). The van der Waals surface area contributed by atoms with E-state index in [0.29, 0.717) is 16.8 Å². The van der Waals surface area contributed by atoms with E-state index in [1.165, 1.54) is 0 Å². The molecule has 0 aliphatic rings. The molecule has 0 radical (unpaired) electrons. The molecule has 0 aliphatic carbocycles. The molecule has 3 heteroatoms. The van der Waals surface area contributed by atoms with Crippen LogP contribution in [0.15, 0.2) is 12.1 Å². The number of hydrogen-bond acceptors (Lipinski definition) is 3. The van der Waals surface area contributed by atoms with Crippen LogP contribution in [0.4, 0.5) is 5.69 Å². The Hall–Kier alpha value is -1.64. The summed E-state index contributed by atoms with van der Waals surface area (Å²) in [5.74, 6) is 0. The van der Waals surface area contributed by atoms with Gasteiger partial charge >= 0.3 is 0 Å². The molecule has 0 heterocycles. The zero-order valence-electron chi connectivity index (χ0n) is 6.79. The van der Waals surface area contributed by atoms with Gasteiger partial charge in [0.2, 0.25) is 0 Å². The van der Waals surface area contributed by atoms with Gasteiger partial charge in [0.05, 0.1) is 0 Å². The lowest BCUT2D eigenvalue weighted by Gasteiger charge is -2.05. The topological polar surface area (TPSA) is 66.9 Å². The Morgan fingerprint density at radius 1 is 1.58 bits per heavy atom. The fourth-order valence-electron chi connectivity index (χ4n) is 1.09. The van der Waals surface area contributed by atoms with Gasteiger partial charge in [0.1, 0.15) is 6.29 Å². The van der Waals surface area contributed by atoms with Gasteiger partial charge in [-0.2, -0.15) is 0 Å².